The molecular formula is C16H22N4. The molecule has 0 aliphatic heterocycles. The molecule has 2 rings (SSSR count). The second kappa shape index (κ2) is 6.09. The molecular weight excluding hydrogens is 248 g/mol. The van der Waals surface area contributed by atoms with E-state index in [1.54, 1.807) is 6.20 Å². The standard InChI is InChI=1S/C16H22N4/c1-5-13-7-6-8-17-14(13)15-18-9-12(10-19-15)11-20-16(2,3)4/h6-10,20H,5,11H2,1-4H3. The van der Waals surface area contributed by atoms with Gasteiger partial charge in [0.05, 0.1) is 0 Å². The molecule has 4 nitrogen and oxygen atoms in total. The summed E-state index contributed by atoms with van der Waals surface area (Å²) >= 11 is 0. The van der Waals surface area contributed by atoms with Crippen molar-refractivity contribution in [2.24, 2.45) is 0 Å². The van der Waals surface area contributed by atoms with Gasteiger partial charge in [-0.25, -0.2) is 9.97 Å². The molecule has 0 saturated heterocycles. The van der Waals surface area contributed by atoms with Gasteiger partial charge >= 0.3 is 0 Å². The van der Waals surface area contributed by atoms with E-state index in [2.05, 4.69) is 54.0 Å². The summed E-state index contributed by atoms with van der Waals surface area (Å²) in [5.74, 6) is 0.696. The first-order chi connectivity index (χ1) is 9.49. The van der Waals surface area contributed by atoms with Crippen LogP contribution in [0.25, 0.3) is 11.5 Å². The number of hydrogen-bond donors (Lipinski definition) is 1. The SMILES string of the molecule is CCc1cccnc1-c1ncc(CNC(C)(C)C)cn1. The largest absolute Gasteiger partial charge is 0.308 e. The average Bonchev–Trinajstić information content (AvgIpc) is 2.45. The van der Waals surface area contributed by atoms with Crippen molar-refractivity contribution in [2.75, 3.05) is 0 Å². The van der Waals surface area contributed by atoms with Crippen molar-refractivity contribution in [1.82, 2.24) is 20.3 Å². The van der Waals surface area contributed by atoms with Crippen LogP contribution in [-0.2, 0) is 13.0 Å². The third-order valence-corrected chi connectivity index (χ3v) is 3.01. The Balaban J connectivity index is 2.16. The summed E-state index contributed by atoms with van der Waals surface area (Å²) in [5, 5.41) is 3.42. The second-order valence-electron chi connectivity index (χ2n) is 5.88. The van der Waals surface area contributed by atoms with Gasteiger partial charge in [0.25, 0.3) is 0 Å². The van der Waals surface area contributed by atoms with Crippen molar-refractivity contribution >= 4 is 0 Å². The van der Waals surface area contributed by atoms with Gasteiger partial charge in [-0.3, -0.25) is 4.98 Å². The van der Waals surface area contributed by atoms with Crippen LogP contribution in [0.15, 0.2) is 30.7 Å². The number of nitrogens with zero attached hydrogens (tertiary/aromatic N) is 3. The molecule has 0 aliphatic carbocycles. The number of pyridine rings is 1. The Labute approximate surface area is 120 Å². The van der Waals surface area contributed by atoms with Gasteiger partial charge in [-0.1, -0.05) is 13.0 Å². The van der Waals surface area contributed by atoms with Gasteiger partial charge in [0.15, 0.2) is 5.82 Å². The van der Waals surface area contributed by atoms with Crippen LogP contribution in [0.5, 0.6) is 0 Å². The van der Waals surface area contributed by atoms with Gasteiger partial charge in [0.2, 0.25) is 0 Å². The summed E-state index contributed by atoms with van der Waals surface area (Å²) in [6.07, 6.45) is 6.46. The minimum atomic E-state index is 0.0923. The van der Waals surface area contributed by atoms with E-state index in [4.69, 9.17) is 0 Å². The van der Waals surface area contributed by atoms with Crippen molar-refractivity contribution in [1.29, 1.82) is 0 Å². The lowest BCUT2D eigenvalue weighted by Gasteiger charge is -2.20. The zero-order valence-corrected chi connectivity index (χ0v) is 12.6. The van der Waals surface area contributed by atoms with Gasteiger partial charge in [-0.15, -0.1) is 0 Å². The molecule has 2 heterocycles. The first-order valence-electron chi connectivity index (χ1n) is 7.00. The smallest absolute Gasteiger partial charge is 0.178 e. The minimum Gasteiger partial charge on any atom is -0.308 e. The number of aryl methyl sites for hydroxylation is 1. The minimum absolute atomic E-state index is 0.0923. The van der Waals surface area contributed by atoms with Crippen molar-refractivity contribution in [2.45, 2.75) is 46.2 Å². The van der Waals surface area contributed by atoms with Crippen LogP contribution in [0.4, 0.5) is 0 Å². The number of aromatic nitrogens is 3. The number of nitrogens with one attached hydrogen (secondary N) is 1. The van der Waals surface area contributed by atoms with Gasteiger partial charge in [-0.05, 0) is 38.8 Å². The van der Waals surface area contributed by atoms with Gasteiger partial charge < -0.3 is 5.32 Å². The molecule has 0 saturated carbocycles. The summed E-state index contributed by atoms with van der Waals surface area (Å²) in [6, 6.07) is 4.02. The highest BCUT2D eigenvalue weighted by Gasteiger charge is 2.10. The summed E-state index contributed by atoms with van der Waals surface area (Å²) in [4.78, 5) is 13.3. The first-order valence-corrected chi connectivity index (χ1v) is 7.00. The highest BCUT2D eigenvalue weighted by Crippen LogP contribution is 2.17. The topological polar surface area (TPSA) is 50.7 Å². The van der Waals surface area contributed by atoms with Crippen LogP contribution >= 0.6 is 0 Å². The maximum absolute atomic E-state index is 4.44. The molecule has 0 radical (unpaired) electrons. The molecule has 0 atom stereocenters. The summed E-state index contributed by atoms with van der Waals surface area (Å²) in [5.41, 5.74) is 3.23. The van der Waals surface area contributed by atoms with E-state index < -0.39 is 0 Å². The molecule has 0 spiro atoms. The third-order valence-electron chi connectivity index (χ3n) is 3.01. The molecule has 0 aliphatic rings. The fraction of sp³-hybridized carbons (Fsp3) is 0.438. The molecule has 0 bridgehead atoms. The monoisotopic (exact) mass is 270 g/mol. The Hall–Kier alpha value is -1.81. The van der Waals surface area contributed by atoms with E-state index in [0.717, 1.165) is 24.2 Å². The highest BCUT2D eigenvalue weighted by atomic mass is 15.0. The van der Waals surface area contributed by atoms with Gasteiger partial charge in [-0.2, -0.15) is 0 Å². The lowest BCUT2D eigenvalue weighted by Crippen LogP contribution is -2.35. The number of hydrogen-bond acceptors (Lipinski definition) is 4. The maximum Gasteiger partial charge on any atom is 0.178 e. The molecule has 106 valence electrons. The van der Waals surface area contributed by atoms with Crippen molar-refractivity contribution in [3.63, 3.8) is 0 Å². The molecule has 0 unspecified atom stereocenters. The zero-order valence-electron chi connectivity index (χ0n) is 12.6. The molecule has 0 aromatic carbocycles. The Morgan fingerprint density at radius 1 is 1.10 bits per heavy atom. The van der Waals surface area contributed by atoms with Crippen LogP contribution in [0.1, 0.15) is 38.8 Å². The second-order valence-corrected chi connectivity index (χ2v) is 5.88. The zero-order chi connectivity index (χ0) is 14.6. The van der Waals surface area contributed by atoms with Crippen LogP contribution < -0.4 is 5.32 Å². The fourth-order valence-electron chi connectivity index (χ4n) is 1.86. The van der Waals surface area contributed by atoms with E-state index in [1.165, 1.54) is 5.56 Å². The molecule has 0 fully saturated rings. The molecule has 1 N–H and O–H groups in total. The maximum atomic E-state index is 4.44. The van der Waals surface area contributed by atoms with Crippen molar-refractivity contribution < 1.29 is 0 Å². The predicted molar refractivity (Wildman–Crippen MR) is 81.2 cm³/mol. The predicted octanol–water partition coefficient (Wildman–Crippen LogP) is 2.99. The molecule has 4 heteroatoms. The van der Waals surface area contributed by atoms with Gasteiger partial charge in [0, 0.05) is 36.2 Å². The average molecular weight is 270 g/mol. The quantitative estimate of drug-likeness (QED) is 0.928. The number of rotatable bonds is 4. The highest BCUT2D eigenvalue weighted by molar-refractivity contribution is 5.54. The van der Waals surface area contributed by atoms with Crippen LogP contribution in [0.2, 0.25) is 0 Å². The van der Waals surface area contributed by atoms with Crippen molar-refractivity contribution in [3.8, 4) is 11.5 Å². The van der Waals surface area contributed by atoms with Crippen LogP contribution in [-0.4, -0.2) is 20.5 Å². The summed E-state index contributed by atoms with van der Waals surface area (Å²) in [7, 11) is 0. The van der Waals surface area contributed by atoms with E-state index in [1.807, 2.05) is 18.5 Å². The Bertz CT molecular complexity index is 555. The molecule has 0 amide bonds. The Morgan fingerprint density at radius 2 is 1.80 bits per heavy atom. The molecule has 2 aromatic heterocycles. The Kier molecular flexibility index (Phi) is 4.45. The Morgan fingerprint density at radius 3 is 2.40 bits per heavy atom. The summed E-state index contributed by atoms with van der Waals surface area (Å²) in [6.45, 7) is 9.31. The molecule has 2 aromatic rings. The van der Waals surface area contributed by atoms with Crippen molar-refractivity contribution in [3.05, 3.63) is 41.9 Å². The third kappa shape index (κ3) is 3.84. The molecule has 20 heavy (non-hydrogen) atoms. The first kappa shape index (κ1) is 14.6. The van der Waals surface area contributed by atoms with E-state index >= 15 is 0 Å². The van der Waals surface area contributed by atoms with Gasteiger partial charge in [0.1, 0.15) is 5.69 Å². The lowest BCUT2D eigenvalue weighted by molar-refractivity contribution is 0.423. The fourth-order valence-corrected chi connectivity index (χ4v) is 1.86. The lowest BCUT2D eigenvalue weighted by atomic mass is 10.1. The normalized spacial score (nSPS) is 11.6. The van der Waals surface area contributed by atoms with E-state index in [0.29, 0.717) is 5.82 Å². The van der Waals surface area contributed by atoms with Crippen LogP contribution in [0.3, 0.4) is 0 Å². The summed E-state index contributed by atoms with van der Waals surface area (Å²) < 4.78 is 0. The van der Waals surface area contributed by atoms with Crippen LogP contribution in [0, 0.1) is 0 Å². The van der Waals surface area contributed by atoms with E-state index in [-0.39, 0.29) is 5.54 Å². The van der Waals surface area contributed by atoms with E-state index in [9.17, 15) is 0 Å².